The van der Waals surface area contributed by atoms with E-state index in [0.29, 0.717) is 18.0 Å². The molecule has 1 rings (SSSR count). The second-order valence-electron chi connectivity index (χ2n) is 7.46. The van der Waals surface area contributed by atoms with Crippen LogP contribution in [0.4, 0.5) is 0 Å². The molecule has 0 atom stereocenters. The molecule has 0 unspecified atom stereocenters. The Morgan fingerprint density at radius 2 is 1.15 bits per heavy atom. The summed E-state index contributed by atoms with van der Waals surface area (Å²) in [6.07, 6.45) is 15.8. The average molecular weight is 375 g/mol. The first-order chi connectivity index (χ1) is 13.2. The van der Waals surface area contributed by atoms with Crippen molar-refractivity contribution in [2.75, 3.05) is 0 Å². The number of esters is 1. The van der Waals surface area contributed by atoms with Crippen LogP contribution < -0.4 is 4.74 Å². The van der Waals surface area contributed by atoms with E-state index in [1.807, 2.05) is 18.2 Å². The molecule has 0 aliphatic heterocycles. The Bertz CT molecular complexity index is 496. The Hall–Kier alpha value is -1.64. The largest absolute Gasteiger partial charge is 0.427 e. The van der Waals surface area contributed by atoms with Gasteiger partial charge < -0.3 is 4.74 Å². The molecule has 0 N–H and O–H groups in total. The molecule has 0 fully saturated rings. The molecular weight excluding hydrogens is 336 g/mol. The van der Waals surface area contributed by atoms with E-state index < -0.39 is 0 Å². The molecule has 3 nitrogen and oxygen atoms in total. The smallest absolute Gasteiger partial charge is 0.311 e. The first-order valence-electron chi connectivity index (χ1n) is 11.0. The Morgan fingerprint density at radius 3 is 1.70 bits per heavy atom. The summed E-state index contributed by atoms with van der Waals surface area (Å²) in [7, 11) is 0. The Kier molecular flexibility index (Phi) is 14.3. The van der Waals surface area contributed by atoms with Crippen molar-refractivity contribution in [2.24, 2.45) is 0 Å². The van der Waals surface area contributed by atoms with E-state index in [4.69, 9.17) is 4.74 Å². The van der Waals surface area contributed by atoms with Crippen molar-refractivity contribution < 1.29 is 14.3 Å². The van der Waals surface area contributed by atoms with Crippen LogP contribution in [0, 0.1) is 0 Å². The minimum Gasteiger partial charge on any atom is -0.427 e. The number of benzene rings is 1. The molecule has 0 aliphatic carbocycles. The topological polar surface area (TPSA) is 43.4 Å². The lowest BCUT2D eigenvalue weighted by Crippen LogP contribution is -2.07. The van der Waals surface area contributed by atoms with E-state index in [-0.39, 0.29) is 5.97 Å². The van der Waals surface area contributed by atoms with Crippen molar-refractivity contribution in [3.05, 3.63) is 30.3 Å². The third-order valence-electron chi connectivity index (χ3n) is 4.87. The highest BCUT2D eigenvalue weighted by Gasteiger charge is 2.05. The van der Waals surface area contributed by atoms with Crippen LogP contribution in [0.25, 0.3) is 0 Å². The highest BCUT2D eigenvalue weighted by atomic mass is 16.5. The fourth-order valence-electron chi connectivity index (χ4n) is 3.20. The molecule has 0 radical (unpaired) electrons. The van der Waals surface area contributed by atoms with Gasteiger partial charge in [-0.05, 0) is 31.4 Å². The monoisotopic (exact) mass is 374 g/mol. The van der Waals surface area contributed by atoms with Gasteiger partial charge in [0.15, 0.2) is 0 Å². The van der Waals surface area contributed by atoms with Gasteiger partial charge in [0.25, 0.3) is 0 Å². The number of ether oxygens (including phenoxy) is 1. The third-order valence-corrected chi connectivity index (χ3v) is 4.87. The molecule has 1 aromatic rings. The number of hydrogen-bond acceptors (Lipinski definition) is 3. The summed E-state index contributed by atoms with van der Waals surface area (Å²) in [5.41, 5.74) is 0. The zero-order valence-electron chi connectivity index (χ0n) is 17.2. The summed E-state index contributed by atoms with van der Waals surface area (Å²) in [6.45, 7) is 2.23. The van der Waals surface area contributed by atoms with Gasteiger partial charge in [0.05, 0.1) is 0 Å². The van der Waals surface area contributed by atoms with Crippen LogP contribution in [0.2, 0.25) is 0 Å². The number of hydrogen-bond donors (Lipinski definition) is 0. The molecule has 0 bridgehead atoms. The van der Waals surface area contributed by atoms with Crippen LogP contribution in [-0.2, 0) is 9.59 Å². The number of para-hydroxylation sites is 1. The second-order valence-corrected chi connectivity index (χ2v) is 7.46. The van der Waals surface area contributed by atoms with Crippen molar-refractivity contribution in [2.45, 2.75) is 103 Å². The molecular formula is C24H38O3. The van der Waals surface area contributed by atoms with Crippen molar-refractivity contribution in [3.8, 4) is 5.75 Å². The summed E-state index contributed by atoms with van der Waals surface area (Å²) in [5, 5.41) is 0. The fraction of sp³-hybridized carbons (Fsp3) is 0.667. The van der Waals surface area contributed by atoms with E-state index in [1.165, 1.54) is 32.1 Å². The van der Waals surface area contributed by atoms with Gasteiger partial charge in [-0.2, -0.15) is 0 Å². The molecule has 0 spiro atoms. The first-order valence-corrected chi connectivity index (χ1v) is 11.0. The van der Waals surface area contributed by atoms with Gasteiger partial charge in [0.2, 0.25) is 0 Å². The van der Waals surface area contributed by atoms with Crippen LogP contribution in [0.1, 0.15) is 103 Å². The average Bonchev–Trinajstić information content (AvgIpc) is 2.67. The molecule has 0 aliphatic rings. The lowest BCUT2D eigenvalue weighted by Gasteiger charge is -2.04. The Labute approximate surface area is 165 Å². The van der Waals surface area contributed by atoms with Gasteiger partial charge >= 0.3 is 5.97 Å². The van der Waals surface area contributed by atoms with Crippen LogP contribution in [0.3, 0.4) is 0 Å². The van der Waals surface area contributed by atoms with Crippen molar-refractivity contribution >= 4 is 11.8 Å². The summed E-state index contributed by atoms with van der Waals surface area (Å²) in [4.78, 5) is 23.6. The van der Waals surface area contributed by atoms with Crippen molar-refractivity contribution in [3.63, 3.8) is 0 Å². The minimum atomic E-state index is -0.151. The van der Waals surface area contributed by atoms with E-state index in [2.05, 4.69) is 6.92 Å². The van der Waals surface area contributed by atoms with E-state index >= 15 is 0 Å². The fourth-order valence-corrected chi connectivity index (χ4v) is 3.20. The maximum absolute atomic E-state index is 11.8. The number of carbonyl (C=O) groups excluding carboxylic acids is 2. The van der Waals surface area contributed by atoms with Gasteiger partial charge in [-0.25, -0.2) is 0 Å². The van der Waals surface area contributed by atoms with E-state index in [0.717, 1.165) is 57.8 Å². The molecule has 3 heteroatoms. The summed E-state index contributed by atoms with van der Waals surface area (Å²) >= 11 is 0. The number of rotatable bonds is 17. The van der Waals surface area contributed by atoms with Gasteiger partial charge in [-0.3, -0.25) is 9.59 Å². The molecule has 0 saturated heterocycles. The number of carbonyl (C=O) groups is 2. The number of ketones is 1. The van der Waals surface area contributed by atoms with E-state index in [9.17, 15) is 9.59 Å². The van der Waals surface area contributed by atoms with Gasteiger partial charge in [0.1, 0.15) is 11.5 Å². The summed E-state index contributed by atoms with van der Waals surface area (Å²) in [5.74, 6) is 0.906. The molecule has 1 aromatic carbocycles. The van der Waals surface area contributed by atoms with Gasteiger partial charge in [0, 0.05) is 19.3 Å². The van der Waals surface area contributed by atoms with Gasteiger partial charge in [-0.1, -0.05) is 82.9 Å². The van der Waals surface area contributed by atoms with Crippen LogP contribution in [0.5, 0.6) is 5.75 Å². The molecule has 0 heterocycles. The number of Topliss-reactive ketones (excluding diaryl/α,β-unsaturated/α-hetero) is 1. The molecule has 152 valence electrons. The molecule has 0 amide bonds. The first kappa shape index (κ1) is 23.4. The Balaban J connectivity index is 1.85. The second kappa shape index (κ2) is 16.5. The summed E-state index contributed by atoms with van der Waals surface area (Å²) < 4.78 is 5.27. The standard InChI is InChI=1S/C24H38O3/c1-2-3-4-5-8-12-17-22(25)18-13-9-6-7-10-16-21-24(26)27-23-19-14-11-15-20-23/h11,14-15,19-20H,2-10,12-13,16-18,21H2,1H3. The van der Waals surface area contributed by atoms with E-state index in [1.54, 1.807) is 12.1 Å². The van der Waals surface area contributed by atoms with Crippen molar-refractivity contribution in [1.82, 2.24) is 0 Å². The molecule has 0 aromatic heterocycles. The number of unbranched alkanes of at least 4 members (excludes halogenated alkanes) is 10. The predicted molar refractivity (Wildman–Crippen MR) is 112 cm³/mol. The highest BCUT2D eigenvalue weighted by molar-refractivity contribution is 5.78. The molecule has 27 heavy (non-hydrogen) atoms. The zero-order valence-corrected chi connectivity index (χ0v) is 17.2. The highest BCUT2D eigenvalue weighted by Crippen LogP contribution is 2.13. The SMILES string of the molecule is CCCCCCCCC(=O)CCCCCCCCC(=O)Oc1ccccc1. The van der Waals surface area contributed by atoms with Crippen LogP contribution >= 0.6 is 0 Å². The normalized spacial score (nSPS) is 10.7. The van der Waals surface area contributed by atoms with Crippen LogP contribution in [-0.4, -0.2) is 11.8 Å². The minimum absolute atomic E-state index is 0.151. The lowest BCUT2D eigenvalue weighted by atomic mass is 10.0. The quantitative estimate of drug-likeness (QED) is 0.167. The van der Waals surface area contributed by atoms with Crippen LogP contribution in [0.15, 0.2) is 30.3 Å². The van der Waals surface area contributed by atoms with Gasteiger partial charge in [-0.15, -0.1) is 0 Å². The molecule has 0 saturated carbocycles. The lowest BCUT2D eigenvalue weighted by molar-refractivity contribution is -0.134. The third kappa shape index (κ3) is 14.1. The maximum atomic E-state index is 11.8. The Morgan fingerprint density at radius 1 is 0.667 bits per heavy atom. The summed E-state index contributed by atoms with van der Waals surface area (Å²) in [6, 6.07) is 9.22. The predicted octanol–water partition coefficient (Wildman–Crippen LogP) is 7.03. The zero-order chi connectivity index (χ0) is 19.6. The van der Waals surface area contributed by atoms with Crippen molar-refractivity contribution in [1.29, 1.82) is 0 Å². The maximum Gasteiger partial charge on any atom is 0.311 e.